The fourth-order valence-corrected chi connectivity index (χ4v) is 2.07. The first-order valence-electron chi connectivity index (χ1n) is 4.68. The van der Waals surface area contributed by atoms with Gasteiger partial charge in [-0.05, 0) is 34.1 Å². The van der Waals surface area contributed by atoms with E-state index in [0.717, 1.165) is 0 Å². The molecule has 1 aromatic heterocycles. The van der Waals surface area contributed by atoms with E-state index >= 15 is 0 Å². The lowest BCUT2D eigenvalue weighted by molar-refractivity contribution is 0.103. The Balaban J connectivity index is 2.48. The molecule has 0 aliphatic carbocycles. The normalized spacial score (nSPS) is 10.6. The summed E-state index contributed by atoms with van der Waals surface area (Å²) in [7, 11) is 1.62. The van der Waals surface area contributed by atoms with Gasteiger partial charge >= 0.3 is 0 Å². The Bertz CT molecular complexity index is 578. The molecule has 0 saturated carbocycles. The number of halogens is 3. The van der Waals surface area contributed by atoms with Crippen LogP contribution >= 0.6 is 27.5 Å². The van der Waals surface area contributed by atoms with Gasteiger partial charge in [0.05, 0.1) is 15.7 Å². The molecule has 3 nitrogen and oxygen atoms in total. The molecule has 17 heavy (non-hydrogen) atoms. The lowest BCUT2D eigenvalue weighted by Crippen LogP contribution is -2.09. The van der Waals surface area contributed by atoms with Gasteiger partial charge in [0.15, 0.2) is 0 Å². The van der Waals surface area contributed by atoms with Crippen LogP contribution in [0.4, 0.5) is 4.39 Å². The largest absolute Gasteiger partial charge is 0.287 e. The number of benzene rings is 1. The van der Waals surface area contributed by atoms with Gasteiger partial charge in [-0.2, -0.15) is 5.10 Å². The van der Waals surface area contributed by atoms with Gasteiger partial charge in [-0.1, -0.05) is 11.6 Å². The van der Waals surface area contributed by atoms with Crippen molar-refractivity contribution in [2.75, 3.05) is 0 Å². The highest BCUT2D eigenvalue weighted by Gasteiger charge is 2.18. The fraction of sp³-hybridized carbons (Fsp3) is 0.0909. The predicted octanol–water partition coefficient (Wildman–Crippen LogP) is 3.21. The summed E-state index contributed by atoms with van der Waals surface area (Å²) in [5, 5.41) is 4.16. The van der Waals surface area contributed by atoms with Crippen LogP contribution in [0.1, 0.15) is 16.1 Å². The maximum atomic E-state index is 13.1. The van der Waals surface area contributed by atoms with E-state index in [4.69, 9.17) is 11.6 Å². The molecular weight excluding hydrogens is 310 g/mol. The molecule has 0 spiro atoms. The third-order valence-electron chi connectivity index (χ3n) is 2.29. The van der Waals surface area contributed by atoms with Gasteiger partial charge in [-0.3, -0.25) is 9.48 Å². The minimum Gasteiger partial charge on any atom is -0.287 e. The van der Waals surface area contributed by atoms with Gasteiger partial charge in [0.1, 0.15) is 11.5 Å². The number of carbonyl (C=O) groups is 1. The summed E-state index contributed by atoms with van der Waals surface area (Å²) in [4.78, 5) is 12.1. The molecule has 2 rings (SSSR count). The summed E-state index contributed by atoms with van der Waals surface area (Å²) in [5.74, 6) is -0.714. The molecular formula is C11H7BrClFN2O. The number of rotatable bonds is 2. The Morgan fingerprint density at radius 1 is 1.53 bits per heavy atom. The number of carbonyl (C=O) groups excluding carboxylic acids is 1. The molecule has 0 atom stereocenters. The number of aryl methyl sites for hydroxylation is 1. The smallest absolute Gasteiger partial charge is 0.212 e. The summed E-state index contributed by atoms with van der Waals surface area (Å²) in [6, 6.07) is 4.05. The van der Waals surface area contributed by atoms with Gasteiger partial charge in [0, 0.05) is 12.6 Å². The Morgan fingerprint density at radius 3 is 2.76 bits per heavy atom. The van der Waals surface area contributed by atoms with E-state index in [9.17, 15) is 9.18 Å². The predicted molar refractivity (Wildman–Crippen MR) is 65.8 cm³/mol. The molecule has 1 heterocycles. The zero-order valence-corrected chi connectivity index (χ0v) is 11.1. The van der Waals surface area contributed by atoms with Gasteiger partial charge < -0.3 is 0 Å². The summed E-state index contributed by atoms with van der Waals surface area (Å²) >= 11 is 8.90. The summed E-state index contributed by atoms with van der Waals surface area (Å²) in [6.07, 6.45) is 1.40. The van der Waals surface area contributed by atoms with Gasteiger partial charge in [0.25, 0.3) is 0 Å². The minimum absolute atomic E-state index is 0.238. The van der Waals surface area contributed by atoms with Crippen molar-refractivity contribution < 1.29 is 9.18 Å². The van der Waals surface area contributed by atoms with Crippen LogP contribution in [0.15, 0.2) is 28.9 Å². The maximum Gasteiger partial charge on any atom is 0.212 e. The highest BCUT2D eigenvalue weighted by atomic mass is 79.9. The van der Waals surface area contributed by atoms with Crippen LogP contribution in [-0.4, -0.2) is 15.6 Å². The molecule has 0 radical (unpaired) electrons. The maximum absolute atomic E-state index is 13.1. The third-order valence-corrected chi connectivity index (χ3v) is 3.18. The van der Waals surface area contributed by atoms with Gasteiger partial charge in [0.2, 0.25) is 5.78 Å². The molecule has 0 N–H and O–H groups in total. The van der Waals surface area contributed by atoms with E-state index in [-0.39, 0.29) is 21.0 Å². The van der Waals surface area contributed by atoms with Crippen LogP contribution < -0.4 is 0 Å². The molecule has 0 bridgehead atoms. The van der Waals surface area contributed by atoms with E-state index in [0.29, 0.717) is 5.56 Å². The molecule has 6 heteroatoms. The van der Waals surface area contributed by atoms with Crippen LogP contribution in [0.2, 0.25) is 5.02 Å². The zero-order chi connectivity index (χ0) is 12.6. The molecule has 0 amide bonds. The highest BCUT2D eigenvalue weighted by Crippen LogP contribution is 2.22. The quantitative estimate of drug-likeness (QED) is 0.797. The van der Waals surface area contributed by atoms with Crippen molar-refractivity contribution in [3.8, 4) is 0 Å². The Hall–Kier alpha value is -1.20. The molecule has 0 unspecified atom stereocenters. The second-order valence-electron chi connectivity index (χ2n) is 3.42. The van der Waals surface area contributed by atoms with E-state index < -0.39 is 5.82 Å². The molecule has 88 valence electrons. The number of hydrogen-bond donors (Lipinski definition) is 0. The first-order valence-corrected chi connectivity index (χ1v) is 5.85. The average molecular weight is 318 g/mol. The molecule has 0 aliphatic heterocycles. The standard InChI is InChI=1S/C11H7BrClFN2O/c1-16-10(8(13)5-15-16)11(17)6-2-3-9(14)7(12)4-6/h2-5H,1H3. The molecule has 0 fully saturated rings. The number of hydrogen-bond acceptors (Lipinski definition) is 2. The summed E-state index contributed by atoms with van der Waals surface area (Å²) in [6.45, 7) is 0. The topological polar surface area (TPSA) is 34.9 Å². The highest BCUT2D eigenvalue weighted by molar-refractivity contribution is 9.10. The van der Waals surface area contributed by atoms with Crippen LogP contribution in [0.3, 0.4) is 0 Å². The van der Waals surface area contributed by atoms with Crippen molar-refractivity contribution >= 4 is 33.3 Å². The van der Waals surface area contributed by atoms with Crippen molar-refractivity contribution in [2.45, 2.75) is 0 Å². The molecule has 0 aliphatic rings. The number of aromatic nitrogens is 2. The zero-order valence-electron chi connectivity index (χ0n) is 8.75. The SMILES string of the molecule is Cn1ncc(Cl)c1C(=O)c1ccc(F)c(Br)c1. The van der Waals surface area contributed by atoms with Crippen LogP contribution in [0, 0.1) is 5.82 Å². The first-order chi connectivity index (χ1) is 8.00. The van der Waals surface area contributed by atoms with Crippen molar-refractivity contribution in [3.63, 3.8) is 0 Å². The van der Waals surface area contributed by atoms with Crippen molar-refractivity contribution in [3.05, 3.63) is 51.0 Å². The lowest BCUT2D eigenvalue weighted by Gasteiger charge is -2.03. The van der Waals surface area contributed by atoms with Gasteiger partial charge in [-0.25, -0.2) is 4.39 Å². The summed E-state index contributed by atoms with van der Waals surface area (Å²) < 4.78 is 14.7. The minimum atomic E-state index is -0.419. The van der Waals surface area contributed by atoms with Crippen LogP contribution in [-0.2, 0) is 7.05 Å². The second kappa shape index (κ2) is 4.58. The second-order valence-corrected chi connectivity index (χ2v) is 4.68. The van der Waals surface area contributed by atoms with Crippen molar-refractivity contribution in [1.29, 1.82) is 0 Å². The van der Waals surface area contributed by atoms with E-state index in [2.05, 4.69) is 21.0 Å². The fourth-order valence-electron chi connectivity index (χ4n) is 1.44. The van der Waals surface area contributed by atoms with E-state index in [1.807, 2.05) is 0 Å². The Kier molecular flexibility index (Phi) is 3.31. The molecule has 1 aromatic carbocycles. The summed E-state index contributed by atoms with van der Waals surface area (Å²) in [5.41, 5.74) is 0.633. The van der Waals surface area contributed by atoms with E-state index in [1.165, 1.54) is 29.1 Å². The molecule has 0 saturated heterocycles. The van der Waals surface area contributed by atoms with Gasteiger partial charge in [-0.15, -0.1) is 0 Å². The number of ketones is 1. The monoisotopic (exact) mass is 316 g/mol. The lowest BCUT2D eigenvalue weighted by atomic mass is 10.1. The average Bonchev–Trinajstić information content (AvgIpc) is 2.62. The molecule has 2 aromatic rings. The Morgan fingerprint density at radius 2 is 2.24 bits per heavy atom. The Labute approximate surface area is 110 Å². The number of nitrogens with zero attached hydrogens (tertiary/aromatic N) is 2. The van der Waals surface area contributed by atoms with Crippen LogP contribution in [0.25, 0.3) is 0 Å². The third kappa shape index (κ3) is 2.25. The van der Waals surface area contributed by atoms with Crippen molar-refractivity contribution in [2.24, 2.45) is 7.05 Å². The first kappa shape index (κ1) is 12.3. The van der Waals surface area contributed by atoms with E-state index in [1.54, 1.807) is 7.05 Å². The van der Waals surface area contributed by atoms with Crippen molar-refractivity contribution in [1.82, 2.24) is 9.78 Å². The van der Waals surface area contributed by atoms with Crippen LogP contribution in [0.5, 0.6) is 0 Å².